The largest absolute Gasteiger partial charge is 0.339 e. The summed E-state index contributed by atoms with van der Waals surface area (Å²) in [5, 5.41) is 0. The summed E-state index contributed by atoms with van der Waals surface area (Å²) >= 11 is 0. The number of benzene rings is 1. The molecule has 1 rings (SSSR count). The van der Waals surface area contributed by atoms with E-state index in [0.717, 1.165) is 12.0 Å². The maximum absolute atomic E-state index is 13.6. The summed E-state index contributed by atoms with van der Waals surface area (Å²) in [6.45, 7) is 5.75. The molecule has 1 aromatic carbocycles. The van der Waals surface area contributed by atoms with Crippen LogP contribution in [0.2, 0.25) is 0 Å². The zero-order valence-electron chi connectivity index (χ0n) is 10.2. The molecule has 1 atom stereocenters. The standard InChI is InChI=1S/C13H18FNO/c1-5-10(3)15(4)13(16)11-7-6-9(2)8-12(11)14/h6-8,10H,5H2,1-4H3. The molecule has 0 saturated heterocycles. The second-order valence-electron chi connectivity index (χ2n) is 4.16. The number of aryl methyl sites for hydroxylation is 1. The van der Waals surface area contributed by atoms with Gasteiger partial charge in [0.15, 0.2) is 0 Å². The lowest BCUT2D eigenvalue weighted by Gasteiger charge is -2.24. The molecule has 16 heavy (non-hydrogen) atoms. The lowest BCUT2D eigenvalue weighted by molar-refractivity contribution is 0.0736. The van der Waals surface area contributed by atoms with E-state index in [1.54, 1.807) is 31.0 Å². The minimum atomic E-state index is -0.444. The molecule has 0 fully saturated rings. The van der Waals surface area contributed by atoms with Crippen LogP contribution in [-0.4, -0.2) is 23.9 Å². The van der Waals surface area contributed by atoms with Gasteiger partial charge in [0.05, 0.1) is 5.56 Å². The third-order valence-corrected chi connectivity index (χ3v) is 2.93. The van der Waals surface area contributed by atoms with Crippen molar-refractivity contribution < 1.29 is 9.18 Å². The van der Waals surface area contributed by atoms with Crippen LogP contribution in [0.5, 0.6) is 0 Å². The summed E-state index contributed by atoms with van der Waals surface area (Å²) in [5.74, 6) is -0.702. The number of hydrogen-bond acceptors (Lipinski definition) is 1. The van der Waals surface area contributed by atoms with Gasteiger partial charge in [-0.2, -0.15) is 0 Å². The van der Waals surface area contributed by atoms with Crippen molar-refractivity contribution in [2.24, 2.45) is 0 Å². The quantitative estimate of drug-likeness (QED) is 0.771. The van der Waals surface area contributed by atoms with E-state index in [1.165, 1.54) is 6.07 Å². The van der Waals surface area contributed by atoms with Gasteiger partial charge in [0, 0.05) is 13.1 Å². The second-order valence-corrected chi connectivity index (χ2v) is 4.16. The monoisotopic (exact) mass is 223 g/mol. The Morgan fingerprint density at radius 3 is 2.62 bits per heavy atom. The second kappa shape index (κ2) is 5.10. The first-order valence-corrected chi connectivity index (χ1v) is 5.50. The maximum Gasteiger partial charge on any atom is 0.256 e. The summed E-state index contributed by atoms with van der Waals surface area (Å²) < 4.78 is 13.6. The summed E-state index contributed by atoms with van der Waals surface area (Å²) in [6.07, 6.45) is 0.857. The third-order valence-electron chi connectivity index (χ3n) is 2.93. The third kappa shape index (κ3) is 2.60. The first-order chi connectivity index (χ1) is 7.47. The molecule has 1 unspecified atom stereocenters. The van der Waals surface area contributed by atoms with Gasteiger partial charge in [-0.25, -0.2) is 4.39 Å². The highest BCUT2D eigenvalue weighted by Gasteiger charge is 2.19. The molecule has 3 heteroatoms. The highest BCUT2D eigenvalue weighted by Crippen LogP contribution is 2.14. The van der Waals surface area contributed by atoms with Gasteiger partial charge in [-0.05, 0) is 38.0 Å². The van der Waals surface area contributed by atoms with E-state index >= 15 is 0 Å². The Bertz CT molecular complexity index is 390. The van der Waals surface area contributed by atoms with Crippen LogP contribution in [0.15, 0.2) is 18.2 Å². The molecule has 0 aliphatic rings. The van der Waals surface area contributed by atoms with E-state index in [0.29, 0.717) is 0 Å². The van der Waals surface area contributed by atoms with Crippen LogP contribution in [0.25, 0.3) is 0 Å². The summed E-state index contributed by atoms with van der Waals surface area (Å²) in [6, 6.07) is 4.80. The SMILES string of the molecule is CCC(C)N(C)C(=O)c1ccc(C)cc1F. The Kier molecular flexibility index (Phi) is 4.05. The van der Waals surface area contributed by atoms with E-state index in [9.17, 15) is 9.18 Å². The van der Waals surface area contributed by atoms with E-state index in [1.807, 2.05) is 13.8 Å². The molecular weight excluding hydrogens is 205 g/mol. The van der Waals surface area contributed by atoms with Crippen LogP contribution in [0, 0.1) is 12.7 Å². The predicted molar refractivity (Wildman–Crippen MR) is 63.0 cm³/mol. The lowest BCUT2D eigenvalue weighted by atomic mass is 10.1. The van der Waals surface area contributed by atoms with Crippen molar-refractivity contribution in [3.63, 3.8) is 0 Å². The van der Waals surface area contributed by atoms with Crippen molar-refractivity contribution in [1.82, 2.24) is 4.90 Å². The van der Waals surface area contributed by atoms with Gasteiger partial charge in [-0.15, -0.1) is 0 Å². The zero-order valence-corrected chi connectivity index (χ0v) is 10.2. The van der Waals surface area contributed by atoms with Crippen molar-refractivity contribution in [2.75, 3.05) is 7.05 Å². The normalized spacial score (nSPS) is 12.3. The summed E-state index contributed by atoms with van der Waals surface area (Å²) in [4.78, 5) is 13.5. The van der Waals surface area contributed by atoms with Gasteiger partial charge in [-0.1, -0.05) is 13.0 Å². The molecule has 0 aliphatic heterocycles. The number of carbonyl (C=O) groups excluding carboxylic acids is 1. The minimum Gasteiger partial charge on any atom is -0.339 e. The number of rotatable bonds is 3. The Balaban J connectivity index is 2.96. The molecule has 0 bridgehead atoms. The number of halogens is 1. The van der Waals surface area contributed by atoms with E-state index in [-0.39, 0.29) is 17.5 Å². The van der Waals surface area contributed by atoms with Crippen molar-refractivity contribution >= 4 is 5.91 Å². The molecule has 0 N–H and O–H groups in total. The fourth-order valence-corrected chi connectivity index (χ4v) is 1.46. The van der Waals surface area contributed by atoms with E-state index in [2.05, 4.69) is 0 Å². The molecule has 0 saturated carbocycles. The Hall–Kier alpha value is -1.38. The Morgan fingerprint density at radius 2 is 2.12 bits per heavy atom. The van der Waals surface area contributed by atoms with Crippen molar-refractivity contribution in [1.29, 1.82) is 0 Å². The van der Waals surface area contributed by atoms with E-state index < -0.39 is 5.82 Å². The Morgan fingerprint density at radius 1 is 1.50 bits per heavy atom. The van der Waals surface area contributed by atoms with Crippen LogP contribution < -0.4 is 0 Å². The van der Waals surface area contributed by atoms with Crippen LogP contribution in [0.4, 0.5) is 4.39 Å². The number of nitrogens with zero attached hydrogens (tertiary/aromatic N) is 1. The predicted octanol–water partition coefficient (Wildman–Crippen LogP) is 3.00. The molecule has 0 radical (unpaired) electrons. The van der Waals surface area contributed by atoms with Gasteiger partial charge in [0.25, 0.3) is 5.91 Å². The molecule has 0 heterocycles. The topological polar surface area (TPSA) is 20.3 Å². The van der Waals surface area contributed by atoms with Crippen molar-refractivity contribution in [3.8, 4) is 0 Å². The molecule has 0 aromatic heterocycles. The fourth-order valence-electron chi connectivity index (χ4n) is 1.46. The van der Waals surface area contributed by atoms with Gasteiger partial charge >= 0.3 is 0 Å². The Labute approximate surface area is 96.1 Å². The molecule has 88 valence electrons. The smallest absolute Gasteiger partial charge is 0.256 e. The first-order valence-electron chi connectivity index (χ1n) is 5.50. The minimum absolute atomic E-state index is 0.119. The molecule has 0 aliphatic carbocycles. The van der Waals surface area contributed by atoms with Gasteiger partial charge < -0.3 is 4.90 Å². The fraction of sp³-hybridized carbons (Fsp3) is 0.462. The summed E-state index contributed by atoms with van der Waals surface area (Å²) in [5.41, 5.74) is 0.966. The lowest BCUT2D eigenvalue weighted by Crippen LogP contribution is -2.35. The highest BCUT2D eigenvalue weighted by atomic mass is 19.1. The first kappa shape index (κ1) is 12.7. The zero-order chi connectivity index (χ0) is 12.3. The van der Waals surface area contributed by atoms with Gasteiger partial charge in [-0.3, -0.25) is 4.79 Å². The number of carbonyl (C=O) groups is 1. The van der Waals surface area contributed by atoms with Crippen molar-refractivity contribution in [2.45, 2.75) is 33.2 Å². The molecule has 0 spiro atoms. The highest BCUT2D eigenvalue weighted by molar-refractivity contribution is 5.94. The van der Waals surface area contributed by atoms with Crippen LogP contribution in [0.3, 0.4) is 0 Å². The van der Waals surface area contributed by atoms with Gasteiger partial charge in [0.1, 0.15) is 5.82 Å². The number of amides is 1. The average Bonchev–Trinajstić information content (AvgIpc) is 2.26. The molecule has 1 aromatic rings. The van der Waals surface area contributed by atoms with E-state index in [4.69, 9.17) is 0 Å². The summed E-state index contributed by atoms with van der Waals surface area (Å²) in [7, 11) is 1.70. The molecule has 2 nitrogen and oxygen atoms in total. The van der Waals surface area contributed by atoms with Crippen LogP contribution >= 0.6 is 0 Å². The molecule has 1 amide bonds. The number of hydrogen-bond donors (Lipinski definition) is 0. The van der Waals surface area contributed by atoms with Crippen molar-refractivity contribution in [3.05, 3.63) is 35.1 Å². The average molecular weight is 223 g/mol. The van der Waals surface area contributed by atoms with Gasteiger partial charge in [0.2, 0.25) is 0 Å². The van der Waals surface area contributed by atoms with Crippen LogP contribution in [0.1, 0.15) is 36.2 Å². The maximum atomic E-state index is 13.6. The molecular formula is C13H18FNO. The van der Waals surface area contributed by atoms with Crippen LogP contribution in [-0.2, 0) is 0 Å².